The van der Waals surface area contributed by atoms with E-state index in [0.717, 1.165) is 5.01 Å². The number of ether oxygens (including phenoxy) is 2. The average Bonchev–Trinajstić information content (AvgIpc) is 2.31. The van der Waals surface area contributed by atoms with E-state index in [1.54, 1.807) is 27.7 Å². The molecule has 1 N–H and O–H groups in total. The number of hydrazine groups is 1. The van der Waals surface area contributed by atoms with Gasteiger partial charge in [-0.2, -0.15) is 0 Å². The fourth-order valence-electron chi connectivity index (χ4n) is 1.14. The van der Waals surface area contributed by atoms with E-state index in [-0.39, 0.29) is 11.6 Å². The zero-order valence-corrected chi connectivity index (χ0v) is 12.7. The quantitative estimate of drug-likeness (QED) is 0.247. The van der Waals surface area contributed by atoms with Crippen molar-refractivity contribution in [1.29, 1.82) is 0 Å². The largest absolute Gasteiger partial charge is 0.569 e. The molecule has 0 aromatic heterocycles. The first-order chi connectivity index (χ1) is 9.57. The summed E-state index contributed by atoms with van der Waals surface area (Å²) >= 11 is 0. The van der Waals surface area contributed by atoms with Crippen molar-refractivity contribution in [1.82, 2.24) is 5.01 Å². The van der Waals surface area contributed by atoms with E-state index in [4.69, 9.17) is 5.11 Å². The molecule has 21 heavy (non-hydrogen) atoms. The Morgan fingerprint density at radius 1 is 1.43 bits per heavy atom. The van der Waals surface area contributed by atoms with Crippen molar-refractivity contribution in [2.75, 3.05) is 13.2 Å². The first-order valence-electron chi connectivity index (χ1n) is 6.24. The van der Waals surface area contributed by atoms with Gasteiger partial charge in [0.25, 0.3) is 6.29 Å². The van der Waals surface area contributed by atoms with Gasteiger partial charge in [0.15, 0.2) is 6.54 Å². The van der Waals surface area contributed by atoms with E-state index in [1.807, 2.05) is 0 Å². The number of carboxylic acids is 1. The molecule has 0 saturated carbocycles. The molecule has 0 spiro atoms. The molecule has 0 heterocycles. The zero-order chi connectivity index (χ0) is 16.6. The normalized spacial score (nSPS) is 13.3. The summed E-state index contributed by atoms with van der Waals surface area (Å²) in [6.45, 7) is 7.40. The van der Waals surface area contributed by atoms with Gasteiger partial charge in [0.2, 0.25) is 5.28 Å². The molecule has 0 radical (unpaired) electrons. The third-order valence-corrected chi connectivity index (χ3v) is 2.06. The number of nitrogens with zero attached hydrogens (tertiary/aromatic N) is 3. The second-order valence-corrected chi connectivity index (χ2v) is 4.93. The van der Waals surface area contributed by atoms with Gasteiger partial charge < -0.3 is 19.8 Å². The highest BCUT2D eigenvalue weighted by atomic mass is 16.8. The van der Waals surface area contributed by atoms with Gasteiger partial charge in [-0.25, -0.2) is 4.79 Å². The van der Waals surface area contributed by atoms with Crippen molar-refractivity contribution in [2.45, 2.75) is 46.4 Å². The van der Waals surface area contributed by atoms with E-state index in [2.05, 4.69) is 19.6 Å². The number of rotatable bonds is 7. The molecule has 0 rings (SSSR count). The molecule has 122 valence electrons. The molecule has 0 aliphatic heterocycles. The fourth-order valence-corrected chi connectivity index (χ4v) is 1.14. The molecule has 0 aromatic carbocycles. The maximum absolute atomic E-state index is 11.8. The summed E-state index contributed by atoms with van der Waals surface area (Å²) in [5, 5.41) is 24.6. The molecular formula is C11H21N3O7. The Balaban J connectivity index is 4.67. The van der Waals surface area contributed by atoms with Crippen LogP contribution in [-0.4, -0.2) is 52.2 Å². The Kier molecular flexibility index (Phi) is 7.25. The summed E-state index contributed by atoms with van der Waals surface area (Å²) in [7, 11) is 0. The lowest BCUT2D eigenvalue weighted by Gasteiger charge is -2.28. The molecule has 0 aromatic rings. The summed E-state index contributed by atoms with van der Waals surface area (Å²) in [6.07, 6.45) is -2.12. The topological polar surface area (TPSA) is 124 Å². The monoisotopic (exact) mass is 307 g/mol. The van der Waals surface area contributed by atoms with Crippen LogP contribution in [0.25, 0.3) is 0 Å². The standard InChI is InChI=1S/C11H21N3O7/c1-6-19-10(17)20-8(2)21-12-14(18)13(7-9(15)16)11(3,4)5/h8H,6-7H2,1-5H3,(H,15,16)/b14-12-. The van der Waals surface area contributed by atoms with Gasteiger partial charge in [-0.3, -0.25) is 9.63 Å². The molecule has 1 unspecified atom stereocenters. The molecule has 0 aliphatic carbocycles. The van der Waals surface area contributed by atoms with Gasteiger partial charge in [0, 0.05) is 6.92 Å². The van der Waals surface area contributed by atoms with Gasteiger partial charge in [0.1, 0.15) is 0 Å². The van der Waals surface area contributed by atoms with Gasteiger partial charge in [-0.15, -0.1) is 5.01 Å². The number of carboxylic acid groups (broad SMARTS) is 1. The van der Waals surface area contributed by atoms with Crippen molar-refractivity contribution < 1.29 is 34.0 Å². The van der Waals surface area contributed by atoms with E-state index in [1.165, 1.54) is 6.92 Å². The van der Waals surface area contributed by atoms with Crippen LogP contribution in [0.2, 0.25) is 0 Å². The molecule has 10 heteroatoms. The predicted molar refractivity (Wildman–Crippen MR) is 68.8 cm³/mol. The number of carbonyl (C=O) groups excluding carboxylic acids is 1. The third-order valence-electron chi connectivity index (χ3n) is 2.06. The molecule has 0 amide bonds. The van der Waals surface area contributed by atoms with Crippen LogP contribution < -0.4 is 0 Å². The van der Waals surface area contributed by atoms with Crippen molar-refractivity contribution in [3.63, 3.8) is 0 Å². The lowest BCUT2D eigenvalue weighted by Crippen LogP contribution is -2.48. The van der Waals surface area contributed by atoms with Crippen molar-refractivity contribution in [3.05, 3.63) is 5.21 Å². The highest BCUT2D eigenvalue weighted by Crippen LogP contribution is 2.13. The van der Waals surface area contributed by atoms with Crippen molar-refractivity contribution in [3.8, 4) is 0 Å². The molecule has 0 aliphatic rings. The van der Waals surface area contributed by atoms with Crippen molar-refractivity contribution >= 4 is 12.1 Å². The Morgan fingerprint density at radius 2 is 2.00 bits per heavy atom. The van der Waals surface area contributed by atoms with Gasteiger partial charge in [0.05, 0.1) is 17.1 Å². The maximum atomic E-state index is 11.8. The molecule has 10 nitrogen and oxygen atoms in total. The van der Waals surface area contributed by atoms with Gasteiger partial charge in [-0.1, -0.05) is 0 Å². The van der Waals surface area contributed by atoms with Gasteiger partial charge in [-0.05, 0) is 27.7 Å². The summed E-state index contributed by atoms with van der Waals surface area (Å²) in [5.41, 5.74) is -0.793. The van der Waals surface area contributed by atoms with Crippen LogP contribution >= 0.6 is 0 Å². The first kappa shape index (κ1) is 18.7. The lowest BCUT2D eigenvalue weighted by molar-refractivity contribution is -0.725. The van der Waals surface area contributed by atoms with Crippen LogP contribution in [0.5, 0.6) is 0 Å². The minimum Gasteiger partial charge on any atom is -0.569 e. The van der Waals surface area contributed by atoms with E-state index in [0.29, 0.717) is 0 Å². The summed E-state index contributed by atoms with van der Waals surface area (Å²) in [6, 6.07) is 0. The number of aliphatic carboxylic acids is 1. The van der Waals surface area contributed by atoms with Crippen LogP contribution in [0, 0.1) is 5.21 Å². The van der Waals surface area contributed by atoms with Gasteiger partial charge >= 0.3 is 12.1 Å². The van der Waals surface area contributed by atoms with E-state index in [9.17, 15) is 14.8 Å². The van der Waals surface area contributed by atoms with Crippen LogP contribution in [-0.2, 0) is 19.1 Å². The Morgan fingerprint density at radius 3 is 2.43 bits per heavy atom. The Labute approximate surface area is 122 Å². The highest BCUT2D eigenvalue weighted by Gasteiger charge is 2.31. The molecule has 0 saturated heterocycles. The third kappa shape index (κ3) is 7.80. The molecule has 1 atom stereocenters. The number of hydrogen-bond donors (Lipinski definition) is 1. The van der Waals surface area contributed by atoms with Crippen LogP contribution in [0.15, 0.2) is 5.28 Å². The molecular weight excluding hydrogens is 286 g/mol. The predicted octanol–water partition coefficient (Wildman–Crippen LogP) is 1.50. The van der Waals surface area contributed by atoms with Crippen LogP contribution in [0.1, 0.15) is 34.6 Å². The summed E-state index contributed by atoms with van der Waals surface area (Å²) in [4.78, 5) is 26.4. The molecule has 0 fully saturated rings. The van der Waals surface area contributed by atoms with Crippen LogP contribution in [0.3, 0.4) is 0 Å². The number of carbonyl (C=O) groups is 2. The lowest BCUT2D eigenvalue weighted by atomic mass is 10.1. The first-order valence-corrected chi connectivity index (χ1v) is 6.24. The van der Waals surface area contributed by atoms with E-state index >= 15 is 0 Å². The minimum absolute atomic E-state index is 0.000859. The average molecular weight is 307 g/mol. The SMILES string of the molecule is CCOC(=O)OC(C)O/N=[N+](\[O-])N(CC(=O)O)C(C)(C)C. The van der Waals surface area contributed by atoms with Crippen molar-refractivity contribution in [2.24, 2.45) is 5.28 Å². The maximum Gasteiger partial charge on any atom is 0.511 e. The van der Waals surface area contributed by atoms with Crippen LogP contribution in [0.4, 0.5) is 4.79 Å². The highest BCUT2D eigenvalue weighted by molar-refractivity contribution is 5.68. The second kappa shape index (κ2) is 8.12. The fraction of sp³-hybridized carbons (Fsp3) is 0.818. The number of hydrogen-bond acceptors (Lipinski definition) is 7. The molecule has 0 bridgehead atoms. The smallest absolute Gasteiger partial charge is 0.511 e. The minimum atomic E-state index is -1.20. The Bertz CT molecular complexity index is 392. The summed E-state index contributed by atoms with van der Waals surface area (Å²) in [5.74, 6) is -1.20. The summed E-state index contributed by atoms with van der Waals surface area (Å²) < 4.78 is 9.12. The Hall–Kier alpha value is -2.26. The second-order valence-electron chi connectivity index (χ2n) is 4.93. The zero-order valence-electron chi connectivity index (χ0n) is 12.7. The van der Waals surface area contributed by atoms with E-state index < -0.39 is 30.5 Å².